The molecule has 0 bridgehead atoms. The summed E-state index contributed by atoms with van der Waals surface area (Å²) in [7, 11) is 0. The average molecular weight is 396 g/mol. The van der Waals surface area contributed by atoms with Crippen LogP contribution in [-0.4, -0.2) is 21.8 Å². The second-order valence-corrected chi connectivity index (χ2v) is 8.15. The number of allylic oxidation sites excluding steroid dienone is 2. The SMILES string of the molecule is CCCCCCCCCCCCCC(=O)O.[CH]=CC(C)(O)CC/C=C(\C)CC. The van der Waals surface area contributed by atoms with Crippen LogP contribution in [0.4, 0.5) is 0 Å². The molecule has 0 fully saturated rings. The van der Waals surface area contributed by atoms with Crippen LogP contribution in [0, 0.1) is 6.58 Å². The number of hydrogen-bond donors (Lipinski definition) is 2. The number of rotatable bonds is 17. The Labute approximate surface area is 175 Å². The molecule has 0 aliphatic carbocycles. The van der Waals surface area contributed by atoms with Gasteiger partial charge in [-0.15, -0.1) is 0 Å². The first-order valence-corrected chi connectivity index (χ1v) is 11.4. The van der Waals surface area contributed by atoms with E-state index in [4.69, 9.17) is 11.7 Å². The molecular weight excluding hydrogens is 348 g/mol. The molecule has 1 unspecified atom stereocenters. The van der Waals surface area contributed by atoms with Gasteiger partial charge in [-0.05, 0) is 39.5 Å². The first kappa shape index (κ1) is 29.1. The van der Waals surface area contributed by atoms with Crippen molar-refractivity contribution in [2.24, 2.45) is 0 Å². The minimum atomic E-state index is -0.815. The molecule has 0 heterocycles. The van der Waals surface area contributed by atoms with Crippen molar-refractivity contribution in [2.75, 3.05) is 0 Å². The highest BCUT2D eigenvalue weighted by Gasteiger charge is 2.13. The average Bonchev–Trinajstić information content (AvgIpc) is 2.66. The van der Waals surface area contributed by atoms with Crippen LogP contribution < -0.4 is 0 Å². The van der Waals surface area contributed by atoms with E-state index in [1.54, 1.807) is 6.92 Å². The molecule has 3 heteroatoms. The Bertz CT molecular complexity index is 397. The molecule has 0 amide bonds. The molecule has 2 N–H and O–H groups in total. The zero-order valence-corrected chi connectivity index (χ0v) is 19.1. The van der Waals surface area contributed by atoms with Gasteiger partial charge in [0.2, 0.25) is 0 Å². The molecule has 0 rings (SSSR count). The van der Waals surface area contributed by atoms with Gasteiger partial charge in [0, 0.05) is 6.42 Å². The summed E-state index contributed by atoms with van der Waals surface area (Å²) in [6.45, 7) is 13.5. The van der Waals surface area contributed by atoms with Crippen molar-refractivity contribution < 1.29 is 15.0 Å². The molecule has 3 nitrogen and oxygen atoms in total. The molecule has 0 aromatic carbocycles. The number of carbonyl (C=O) groups is 1. The van der Waals surface area contributed by atoms with Gasteiger partial charge in [0.15, 0.2) is 0 Å². The van der Waals surface area contributed by atoms with Gasteiger partial charge in [-0.1, -0.05) is 102 Å². The fourth-order valence-corrected chi connectivity index (χ4v) is 2.78. The Kier molecular flexibility index (Phi) is 21.5. The summed E-state index contributed by atoms with van der Waals surface area (Å²) >= 11 is 0. The van der Waals surface area contributed by atoms with Crippen LogP contribution in [0.15, 0.2) is 17.7 Å². The van der Waals surface area contributed by atoms with Gasteiger partial charge < -0.3 is 10.2 Å². The molecule has 0 aromatic rings. The fraction of sp³-hybridized carbons (Fsp3) is 0.800. The van der Waals surface area contributed by atoms with Crippen LogP contribution in [0.3, 0.4) is 0 Å². The number of aliphatic hydroxyl groups is 1. The van der Waals surface area contributed by atoms with E-state index in [0.29, 0.717) is 12.8 Å². The summed E-state index contributed by atoms with van der Waals surface area (Å²) in [5, 5.41) is 18.0. The maximum absolute atomic E-state index is 10.3. The highest BCUT2D eigenvalue weighted by Crippen LogP contribution is 2.14. The quantitative estimate of drug-likeness (QED) is 0.196. The van der Waals surface area contributed by atoms with Gasteiger partial charge >= 0.3 is 5.97 Å². The summed E-state index contributed by atoms with van der Waals surface area (Å²) in [6.07, 6.45) is 20.5. The van der Waals surface area contributed by atoms with Crippen molar-refractivity contribution >= 4 is 5.97 Å². The van der Waals surface area contributed by atoms with Crippen LogP contribution in [0.1, 0.15) is 124 Å². The first-order valence-electron chi connectivity index (χ1n) is 11.4. The van der Waals surface area contributed by atoms with Gasteiger partial charge in [0.25, 0.3) is 0 Å². The number of carboxylic acid groups (broad SMARTS) is 1. The van der Waals surface area contributed by atoms with Crippen molar-refractivity contribution in [3.05, 3.63) is 24.3 Å². The summed E-state index contributed by atoms with van der Waals surface area (Å²) in [5.41, 5.74) is 0.549. The van der Waals surface area contributed by atoms with Crippen LogP contribution in [0.25, 0.3) is 0 Å². The lowest BCUT2D eigenvalue weighted by Gasteiger charge is -2.16. The molecule has 0 aromatic heterocycles. The fourth-order valence-electron chi connectivity index (χ4n) is 2.78. The van der Waals surface area contributed by atoms with E-state index < -0.39 is 11.6 Å². The Morgan fingerprint density at radius 1 is 0.929 bits per heavy atom. The van der Waals surface area contributed by atoms with Crippen LogP contribution in [-0.2, 0) is 4.79 Å². The standard InChI is InChI=1S/C14H28O2.C11H19O/c1-2-3-4-5-6-7-8-9-10-11-12-13-14(15)16;1-5-10(3)8-7-9-11(4,12)6-2/h2-13H2,1H3,(H,15,16);2,6,8,12H,5,7,9H2,1,3-4H3/b;6-2?,10-8+. The zero-order valence-electron chi connectivity index (χ0n) is 19.1. The largest absolute Gasteiger partial charge is 0.481 e. The molecule has 165 valence electrons. The molecule has 0 saturated heterocycles. The molecular formula is C25H47O3. The molecule has 0 aliphatic rings. The molecule has 1 atom stereocenters. The Hall–Kier alpha value is -1.09. The third-order valence-corrected chi connectivity index (χ3v) is 5.05. The van der Waals surface area contributed by atoms with E-state index in [9.17, 15) is 9.90 Å². The first-order chi connectivity index (χ1) is 13.3. The second kappa shape index (κ2) is 20.6. The minimum absolute atomic E-state index is 0.344. The van der Waals surface area contributed by atoms with E-state index in [1.807, 2.05) is 0 Å². The Balaban J connectivity index is 0. The summed E-state index contributed by atoms with van der Waals surface area (Å²) in [6, 6.07) is 0. The highest BCUT2D eigenvalue weighted by atomic mass is 16.4. The topological polar surface area (TPSA) is 57.5 Å². The normalized spacial score (nSPS) is 13.4. The summed E-state index contributed by atoms with van der Waals surface area (Å²) in [5.74, 6) is -0.657. The number of aliphatic carboxylic acids is 1. The third-order valence-electron chi connectivity index (χ3n) is 5.05. The highest BCUT2D eigenvalue weighted by molar-refractivity contribution is 5.66. The zero-order chi connectivity index (χ0) is 21.7. The maximum atomic E-state index is 10.3. The van der Waals surface area contributed by atoms with Crippen molar-refractivity contribution in [3.8, 4) is 0 Å². The van der Waals surface area contributed by atoms with Gasteiger partial charge in [0.1, 0.15) is 0 Å². The van der Waals surface area contributed by atoms with Gasteiger partial charge in [-0.3, -0.25) is 4.79 Å². The Morgan fingerprint density at radius 2 is 1.39 bits per heavy atom. The van der Waals surface area contributed by atoms with E-state index >= 15 is 0 Å². The van der Waals surface area contributed by atoms with Gasteiger partial charge in [0.05, 0.1) is 5.60 Å². The lowest BCUT2D eigenvalue weighted by Crippen LogP contribution is -2.19. The molecule has 0 aliphatic heterocycles. The van der Waals surface area contributed by atoms with Crippen molar-refractivity contribution in [1.82, 2.24) is 0 Å². The van der Waals surface area contributed by atoms with E-state index in [-0.39, 0.29) is 0 Å². The molecule has 1 radical (unpaired) electrons. The van der Waals surface area contributed by atoms with E-state index in [1.165, 1.54) is 69.4 Å². The molecule has 0 spiro atoms. The van der Waals surface area contributed by atoms with Gasteiger partial charge in [-0.2, -0.15) is 0 Å². The number of carboxylic acids is 1. The van der Waals surface area contributed by atoms with E-state index in [2.05, 4.69) is 26.8 Å². The summed E-state index contributed by atoms with van der Waals surface area (Å²) in [4.78, 5) is 10.3. The predicted molar refractivity (Wildman–Crippen MR) is 121 cm³/mol. The molecule has 28 heavy (non-hydrogen) atoms. The number of hydrogen-bond acceptors (Lipinski definition) is 2. The van der Waals surface area contributed by atoms with Crippen LogP contribution in [0.5, 0.6) is 0 Å². The van der Waals surface area contributed by atoms with E-state index in [0.717, 1.165) is 25.7 Å². The Morgan fingerprint density at radius 3 is 1.79 bits per heavy atom. The lowest BCUT2D eigenvalue weighted by atomic mass is 9.99. The monoisotopic (exact) mass is 395 g/mol. The number of unbranched alkanes of at least 4 members (excludes halogenated alkanes) is 10. The van der Waals surface area contributed by atoms with Crippen molar-refractivity contribution in [1.29, 1.82) is 0 Å². The smallest absolute Gasteiger partial charge is 0.303 e. The van der Waals surface area contributed by atoms with Crippen molar-refractivity contribution in [3.63, 3.8) is 0 Å². The predicted octanol–water partition coefficient (Wildman–Crippen LogP) is 7.64. The molecule has 0 saturated carbocycles. The third kappa shape index (κ3) is 24.9. The minimum Gasteiger partial charge on any atom is -0.481 e. The lowest BCUT2D eigenvalue weighted by molar-refractivity contribution is -0.137. The van der Waals surface area contributed by atoms with Crippen LogP contribution >= 0.6 is 0 Å². The summed E-state index contributed by atoms with van der Waals surface area (Å²) < 4.78 is 0. The van der Waals surface area contributed by atoms with Crippen molar-refractivity contribution in [2.45, 2.75) is 130 Å². The van der Waals surface area contributed by atoms with Crippen LogP contribution in [0.2, 0.25) is 0 Å². The van der Waals surface area contributed by atoms with Gasteiger partial charge in [-0.25, -0.2) is 0 Å². The maximum Gasteiger partial charge on any atom is 0.303 e. The second-order valence-electron chi connectivity index (χ2n) is 8.15.